The molecule has 0 bridgehead atoms. The van der Waals surface area contributed by atoms with Crippen LogP contribution in [-0.2, 0) is 16.0 Å². The quantitative estimate of drug-likeness (QED) is 0.323. The molecule has 210 valence electrons. The summed E-state index contributed by atoms with van der Waals surface area (Å²) >= 11 is 0. The smallest absolute Gasteiger partial charge is 0.331 e. The first-order chi connectivity index (χ1) is 19.2. The van der Waals surface area contributed by atoms with E-state index >= 15 is 0 Å². The van der Waals surface area contributed by atoms with Crippen LogP contribution in [0.15, 0.2) is 48.5 Å². The van der Waals surface area contributed by atoms with Gasteiger partial charge in [0.2, 0.25) is 18.3 Å². The Morgan fingerprint density at radius 2 is 1.75 bits per heavy atom. The molecule has 0 fully saturated rings. The predicted molar refractivity (Wildman–Crippen MR) is 147 cm³/mol. The molecule has 1 aliphatic heterocycles. The number of carbonyl (C=O) groups excluding carboxylic acids is 1. The third-order valence-electron chi connectivity index (χ3n) is 7.57. The van der Waals surface area contributed by atoms with Crippen LogP contribution in [0, 0.1) is 5.92 Å². The first kappa shape index (κ1) is 27.2. The summed E-state index contributed by atoms with van der Waals surface area (Å²) in [7, 11) is 4.38. The number of aliphatic hydroxyl groups is 1. The molecule has 3 atom stereocenters. The Kier molecular flexibility index (Phi) is 7.25. The minimum absolute atomic E-state index is 0.0309. The molecule has 0 amide bonds. The van der Waals surface area contributed by atoms with Crippen molar-refractivity contribution in [1.29, 1.82) is 0 Å². The molecule has 9 nitrogen and oxygen atoms in total. The number of fused-ring (bicyclic) bond motifs is 4. The lowest BCUT2D eigenvalue weighted by Crippen LogP contribution is -2.41. The Bertz CT molecular complexity index is 1460. The van der Waals surface area contributed by atoms with E-state index in [-0.39, 0.29) is 24.7 Å². The van der Waals surface area contributed by atoms with E-state index in [9.17, 15) is 15.0 Å². The monoisotopic (exact) mass is 548 g/mol. The fourth-order valence-electron chi connectivity index (χ4n) is 5.35. The molecule has 1 heterocycles. The van der Waals surface area contributed by atoms with Crippen LogP contribution in [0.3, 0.4) is 0 Å². The molecule has 5 rings (SSSR count). The lowest BCUT2D eigenvalue weighted by molar-refractivity contribution is -0.152. The molecule has 40 heavy (non-hydrogen) atoms. The van der Waals surface area contributed by atoms with Crippen molar-refractivity contribution in [3.05, 3.63) is 65.2 Å². The van der Waals surface area contributed by atoms with Gasteiger partial charge in [-0.1, -0.05) is 37.3 Å². The first-order valence-electron chi connectivity index (χ1n) is 12.8. The van der Waals surface area contributed by atoms with Crippen LogP contribution >= 0.6 is 0 Å². The third-order valence-corrected chi connectivity index (χ3v) is 7.57. The average molecular weight is 549 g/mol. The number of benzene rings is 3. The van der Waals surface area contributed by atoms with Gasteiger partial charge in [-0.2, -0.15) is 0 Å². The van der Waals surface area contributed by atoms with Gasteiger partial charge >= 0.3 is 5.97 Å². The van der Waals surface area contributed by atoms with Gasteiger partial charge < -0.3 is 38.6 Å². The number of hydrogen-bond donors (Lipinski definition) is 2. The highest BCUT2D eigenvalue weighted by Crippen LogP contribution is 2.58. The van der Waals surface area contributed by atoms with Crippen molar-refractivity contribution >= 4 is 12.0 Å². The maximum absolute atomic E-state index is 13.2. The Hall–Kier alpha value is -4.37. The molecule has 9 heteroatoms. The van der Waals surface area contributed by atoms with E-state index < -0.39 is 23.6 Å². The SMILES string of the molecule is COc1cc2c(c(O)c1OC)-c1c(cc3c(c1OC)OCO3)C(OC(=O)/C=C/c1ccccc1)C(C)C(C)(O)C2. The van der Waals surface area contributed by atoms with Gasteiger partial charge in [0, 0.05) is 35.1 Å². The highest BCUT2D eigenvalue weighted by atomic mass is 16.7. The molecular formula is C31H32O9. The van der Waals surface area contributed by atoms with Crippen molar-refractivity contribution in [2.24, 2.45) is 5.92 Å². The van der Waals surface area contributed by atoms with Crippen LogP contribution in [0.25, 0.3) is 17.2 Å². The zero-order chi connectivity index (χ0) is 28.6. The Morgan fingerprint density at radius 1 is 1.02 bits per heavy atom. The molecular weight excluding hydrogens is 516 g/mol. The summed E-state index contributed by atoms with van der Waals surface area (Å²) in [5, 5.41) is 23.3. The van der Waals surface area contributed by atoms with Crippen LogP contribution in [0.5, 0.6) is 34.5 Å². The Balaban J connectivity index is 1.75. The molecule has 0 saturated carbocycles. The van der Waals surface area contributed by atoms with Crippen LogP contribution < -0.4 is 23.7 Å². The molecule has 3 unspecified atom stereocenters. The zero-order valence-electron chi connectivity index (χ0n) is 23.0. The number of phenols is 1. The summed E-state index contributed by atoms with van der Waals surface area (Å²) in [4.78, 5) is 13.2. The van der Waals surface area contributed by atoms with Crippen LogP contribution in [-0.4, -0.2) is 49.9 Å². The highest BCUT2D eigenvalue weighted by Gasteiger charge is 2.44. The van der Waals surface area contributed by atoms with E-state index in [1.54, 1.807) is 25.1 Å². The molecule has 0 aromatic heterocycles. The van der Waals surface area contributed by atoms with E-state index in [1.807, 2.05) is 37.3 Å². The minimum atomic E-state index is -1.38. The Morgan fingerprint density at radius 3 is 2.42 bits per heavy atom. The Labute approximate surface area is 232 Å². The number of rotatable bonds is 6. The summed E-state index contributed by atoms with van der Waals surface area (Å²) < 4.78 is 34.3. The lowest BCUT2D eigenvalue weighted by atomic mass is 9.73. The van der Waals surface area contributed by atoms with Crippen molar-refractivity contribution in [3.8, 4) is 45.6 Å². The predicted octanol–water partition coefficient (Wildman–Crippen LogP) is 5.05. The molecule has 3 aromatic rings. The molecule has 2 N–H and O–H groups in total. The van der Waals surface area contributed by atoms with Crippen molar-refractivity contribution < 1.29 is 43.4 Å². The number of esters is 1. The minimum Gasteiger partial charge on any atom is -0.504 e. The largest absolute Gasteiger partial charge is 0.504 e. The summed E-state index contributed by atoms with van der Waals surface area (Å²) in [5.74, 6) is 0.0432. The number of hydrogen-bond acceptors (Lipinski definition) is 9. The van der Waals surface area contributed by atoms with E-state index in [0.717, 1.165) is 5.56 Å². The van der Waals surface area contributed by atoms with Gasteiger partial charge in [0.25, 0.3) is 0 Å². The van der Waals surface area contributed by atoms with Gasteiger partial charge in [-0.15, -0.1) is 0 Å². The van der Waals surface area contributed by atoms with Gasteiger partial charge in [0.05, 0.1) is 26.9 Å². The van der Waals surface area contributed by atoms with Gasteiger partial charge in [-0.05, 0) is 36.3 Å². The maximum Gasteiger partial charge on any atom is 0.331 e. The second-order valence-electron chi connectivity index (χ2n) is 10.0. The molecule has 0 radical (unpaired) electrons. The third kappa shape index (κ3) is 4.66. The standard InChI is InChI=1S/C31H32O9/c1-17-27(40-23(32)12-11-18-9-7-6-8-10-18)20-14-22-29(39-16-38-22)30(37-5)25(20)24-19(15-31(17,2)34)13-21(35-3)28(36-4)26(24)33/h6-14,17,27,33-34H,15-16H2,1-5H3/b12-11+. The lowest BCUT2D eigenvalue weighted by Gasteiger charge is -2.39. The molecule has 1 aliphatic carbocycles. The number of ether oxygens (including phenoxy) is 6. The second-order valence-corrected chi connectivity index (χ2v) is 10.0. The summed E-state index contributed by atoms with van der Waals surface area (Å²) in [6.07, 6.45) is 2.15. The molecule has 3 aromatic carbocycles. The number of phenolic OH excluding ortho intramolecular Hbond substituents is 1. The van der Waals surface area contributed by atoms with Crippen LogP contribution in [0.4, 0.5) is 0 Å². The summed E-state index contributed by atoms with van der Waals surface area (Å²) in [6.45, 7) is 3.45. The van der Waals surface area contributed by atoms with Gasteiger partial charge in [-0.3, -0.25) is 0 Å². The summed E-state index contributed by atoms with van der Waals surface area (Å²) in [6, 6.07) is 12.8. The normalized spacial score (nSPS) is 21.1. The number of methoxy groups -OCH3 is 3. The maximum atomic E-state index is 13.2. The van der Waals surface area contributed by atoms with Crippen LogP contribution in [0.2, 0.25) is 0 Å². The van der Waals surface area contributed by atoms with Gasteiger partial charge in [0.1, 0.15) is 6.10 Å². The van der Waals surface area contributed by atoms with Gasteiger partial charge in [0.15, 0.2) is 23.0 Å². The van der Waals surface area contributed by atoms with E-state index in [4.69, 9.17) is 28.4 Å². The highest BCUT2D eigenvalue weighted by molar-refractivity contribution is 5.90. The van der Waals surface area contributed by atoms with E-state index in [0.29, 0.717) is 45.3 Å². The van der Waals surface area contributed by atoms with Crippen molar-refractivity contribution in [2.75, 3.05) is 28.1 Å². The van der Waals surface area contributed by atoms with Crippen molar-refractivity contribution in [1.82, 2.24) is 0 Å². The molecule has 0 spiro atoms. The molecule has 2 aliphatic rings. The van der Waals surface area contributed by atoms with Crippen molar-refractivity contribution in [2.45, 2.75) is 32.0 Å². The molecule has 0 saturated heterocycles. The first-order valence-corrected chi connectivity index (χ1v) is 12.8. The topological polar surface area (TPSA) is 113 Å². The second kappa shape index (κ2) is 10.7. The average Bonchev–Trinajstić information content (AvgIpc) is 3.42. The van der Waals surface area contributed by atoms with E-state index in [2.05, 4.69) is 0 Å². The summed E-state index contributed by atoms with van der Waals surface area (Å²) in [5.41, 5.74) is 1.29. The van der Waals surface area contributed by atoms with Gasteiger partial charge in [-0.25, -0.2) is 4.79 Å². The van der Waals surface area contributed by atoms with E-state index in [1.165, 1.54) is 27.4 Å². The zero-order valence-corrected chi connectivity index (χ0v) is 23.0. The van der Waals surface area contributed by atoms with Crippen molar-refractivity contribution in [3.63, 3.8) is 0 Å². The number of aromatic hydroxyl groups is 1. The fraction of sp³-hybridized carbons (Fsp3) is 0.323. The fourth-order valence-corrected chi connectivity index (χ4v) is 5.35. The number of carbonyl (C=O) groups is 1. The van der Waals surface area contributed by atoms with Crippen LogP contribution in [0.1, 0.15) is 36.6 Å².